The smallest absolute Gasteiger partial charge is 0.167 e. The molecule has 1 aliphatic heterocycles. The van der Waals surface area contributed by atoms with Crippen molar-refractivity contribution in [2.45, 2.75) is 19.4 Å². The maximum Gasteiger partial charge on any atom is 0.167 e. The largest absolute Gasteiger partial charge is 0.312 e. The van der Waals surface area contributed by atoms with Gasteiger partial charge in [0.25, 0.3) is 0 Å². The zero-order valence-corrected chi connectivity index (χ0v) is 10.7. The van der Waals surface area contributed by atoms with Gasteiger partial charge in [0.1, 0.15) is 0 Å². The molecule has 0 amide bonds. The molecular weight excluding hydrogens is 236 g/mol. The molecule has 0 fully saturated rings. The van der Waals surface area contributed by atoms with Crippen molar-refractivity contribution in [3.8, 4) is 0 Å². The second kappa shape index (κ2) is 5.33. The molecule has 96 valence electrons. The molecule has 3 heteroatoms. The van der Waals surface area contributed by atoms with E-state index >= 15 is 0 Å². The molecule has 3 nitrogen and oxygen atoms in total. The molecule has 0 saturated carbocycles. The lowest BCUT2D eigenvalue weighted by Crippen LogP contribution is -2.23. The van der Waals surface area contributed by atoms with E-state index in [2.05, 4.69) is 16.4 Å². The SMILES string of the molecule is O=C(Cc1cccnc1)c1ccc2c(c1)CNCC2. The minimum absolute atomic E-state index is 0.154. The van der Waals surface area contributed by atoms with E-state index in [-0.39, 0.29) is 5.78 Å². The number of nitrogens with one attached hydrogen (secondary N) is 1. The standard InChI is InChI=1S/C16H16N2O/c19-16(8-12-2-1-6-17-10-12)14-4-3-13-5-7-18-11-15(13)9-14/h1-4,6,9-10,18H,5,7-8,11H2. The van der Waals surface area contributed by atoms with E-state index in [0.717, 1.165) is 30.6 Å². The Kier molecular flexibility index (Phi) is 3.38. The lowest BCUT2D eigenvalue weighted by Gasteiger charge is -2.17. The number of rotatable bonds is 3. The molecule has 0 aliphatic carbocycles. The molecule has 0 bridgehead atoms. The number of carbonyl (C=O) groups excluding carboxylic acids is 1. The van der Waals surface area contributed by atoms with Crippen LogP contribution in [0.5, 0.6) is 0 Å². The monoisotopic (exact) mass is 252 g/mol. The minimum atomic E-state index is 0.154. The molecule has 0 atom stereocenters. The van der Waals surface area contributed by atoms with E-state index in [9.17, 15) is 4.79 Å². The van der Waals surface area contributed by atoms with Gasteiger partial charge in [0.2, 0.25) is 0 Å². The molecule has 0 radical (unpaired) electrons. The van der Waals surface area contributed by atoms with E-state index < -0.39 is 0 Å². The normalized spacial score (nSPS) is 13.9. The number of fused-ring (bicyclic) bond motifs is 1. The van der Waals surface area contributed by atoms with Crippen LogP contribution in [0.25, 0.3) is 0 Å². The Balaban J connectivity index is 1.80. The molecule has 2 aromatic rings. The summed E-state index contributed by atoms with van der Waals surface area (Å²) in [5, 5.41) is 3.34. The van der Waals surface area contributed by atoms with Gasteiger partial charge in [-0.3, -0.25) is 9.78 Å². The Morgan fingerprint density at radius 2 is 2.21 bits per heavy atom. The van der Waals surface area contributed by atoms with Crippen LogP contribution < -0.4 is 5.32 Å². The molecule has 1 aliphatic rings. The number of nitrogens with zero attached hydrogens (tertiary/aromatic N) is 1. The lowest BCUT2D eigenvalue weighted by molar-refractivity contribution is 0.0992. The van der Waals surface area contributed by atoms with E-state index in [1.54, 1.807) is 12.4 Å². The predicted molar refractivity (Wildman–Crippen MR) is 74.1 cm³/mol. The van der Waals surface area contributed by atoms with Crippen LogP contribution in [0.2, 0.25) is 0 Å². The van der Waals surface area contributed by atoms with Crippen LogP contribution in [-0.2, 0) is 19.4 Å². The van der Waals surface area contributed by atoms with Crippen molar-refractivity contribution in [2.75, 3.05) is 6.54 Å². The number of pyridine rings is 1. The van der Waals surface area contributed by atoms with Crippen LogP contribution in [0.1, 0.15) is 27.0 Å². The van der Waals surface area contributed by atoms with E-state index in [1.165, 1.54) is 11.1 Å². The van der Waals surface area contributed by atoms with Crippen LogP contribution >= 0.6 is 0 Å². The first-order chi connectivity index (χ1) is 9.33. The lowest BCUT2D eigenvalue weighted by atomic mass is 9.95. The van der Waals surface area contributed by atoms with Gasteiger partial charge >= 0.3 is 0 Å². The van der Waals surface area contributed by atoms with Crippen molar-refractivity contribution in [2.24, 2.45) is 0 Å². The predicted octanol–water partition coefficient (Wildman–Crippen LogP) is 2.15. The number of hydrogen-bond acceptors (Lipinski definition) is 3. The Labute approximate surface area is 112 Å². The van der Waals surface area contributed by atoms with Crippen LogP contribution in [-0.4, -0.2) is 17.3 Å². The summed E-state index contributed by atoms with van der Waals surface area (Å²) in [4.78, 5) is 16.3. The maximum atomic E-state index is 12.3. The van der Waals surface area contributed by atoms with Gasteiger partial charge < -0.3 is 5.32 Å². The molecule has 0 saturated heterocycles. The fourth-order valence-electron chi connectivity index (χ4n) is 2.44. The Morgan fingerprint density at radius 1 is 1.26 bits per heavy atom. The first kappa shape index (κ1) is 12.1. The van der Waals surface area contributed by atoms with Gasteiger partial charge in [-0.2, -0.15) is 0 Å². The summed E-state index contributed by atoms with van der Waals surface area (Å²) in [5.74, 6) is 0.154. The number of ketones is 1. The van der Waals surface area contributed by atoms with Gasteiger partial charge in [-0.25, -0.2) is 0 Å². The van der Waals surface area contributed by atoms with Crippen molar-refractivity contribution >= 4 is 5.78 Å². The van der Waals surface area contributed by atoms with Crippen LogP contribution in [0.15, 0.2) is 42.7 Å². The third-order valence-electron chi connectivity index (χ3n) is 3.50. The van der Waals surface area contributed by atoms with Crippen molar-refractivity contribution in [1.29, 1.82) is 0 Å². The highest BCUT2D eigenvalue weighted by Crippen LogP contribution is 2.17. The molecule has 2 heterocycles. The number of benzene rings is 1. The van der Waals surface area contributed by atoms with Crippen LogP contribution in [0.4, 0.5) is 0 Å². The van der Waals surface area contributed by atoms with Crippen LogP contribution in [0.3, 0.4) is 0 Å². The molecule has 0 spiro atoms. The van der Waals surface area contributed by atoms with Crippen molar-refractivity contribution in [1.82, 2.24) is 10.3 Å². The second-order valence-corrected chi connectivity index (χ2v) is 4.87. The molecular formula is C16H16N2O. The number of carbonyl (C=O) groups is 1. The fourth-order valence-corrected chi connectivity index (χ4v) is 2.44. The highest BCUT2D eigenvalue weighted by Gasteiger charge is 2.12. The summed E-state index contributed by atoms with van der Waals surface area (Å²) < 4.78 is 0. The first-order valence-electron chi connectivity index (χ1n) is 6.57. The van der Waals surface area contributed by atoms with Gasteiger partial charge in [0, 0.05) is 30.9 Å². The molecule has 1 aromatic carbocycles. The van der Waals surface area contributed by atoms with Crippen molar-refractivity contribution in [3.05, 3.63) is 65.0 Å². The van der Waals surface area contributed by atoms with Crippen molar-refractivity contribution < 1.29 is 4.79 Å². The van der Waals surface area contributed by atoms with E-state index in [4.69, 9.17) is 0 Å². The van der Waals surface area contributed by atoms with E-state index in [1.807, 2.05) is 24.3 Å². The third-order valence-corrected chi connectivity index (χ3v) is 3.50. The van der Waals surface area contributed by atoms with Gasteiger partial charge in [0.15, 0.2) is 5.78 Å². The zero-order chi connectivity index (χ0) is 13.1. The molecule has 19 heavy (non-hydrogen) atoms. The summed E-state index contributed by atoms with van der Waals surface area (Å²) in [7, 11) is 0. The highest BCUT2D eigenvalue weighted by atomic mass is 16.1. The molecule has 3 rings (SSSR count). The Bertz CT molecular complexity index is 593. The minimum Gasteiger partial charge on any atom is -0.312 e. The van der Waals surface area contributed by atoms with Gasteiger partial charge in [-0.1, -0.05) is 18.2 Å². The first-order valence-corrected chi connectivity index (χ1v) is 6.57. The van der Waals surface area contributed by atoms with Gasteiger partial charge in [-0.05, 0) is 41.8 Å². The molecule has 1 aromatic heterocycles. The second-order valence-electron chi connectivity index (χ2n) is 4.87. The van der Waals surface area contributed by atoms with Gasteiger partial charge in [0.05, 0.1) is 0 Å². The molecule has 1 N–H and O–H groups in total. The topological polar surface area (TPSA) is 42.0 Å². The number of Topliss-reactive ketones (excluding diaryl/α,β-unsaturated/α-hetero) is 1. The van der Waals surface area contributed by atoms with Gasteiger partial charge in [-0.15, -0.1) is 0 Å². The number of hydrogen-bond donors (Lipinski definition) is 1. The summed E-state index contributed by atoms with van der Waals surface area (Å²) in [6.45, 7) is 1.89. The average molecular weight is 252 g/mol. The Hall–Kier alpha value is -2.00. The average Bonchev–Trinajstić information content (AvgIpc) is 2.48. The van der Waals surface area contributed by atoms with Crippen molar-refractivity contribution in [3.63, 3.8) is 0 Å². The Morgan fingerprint density at radius 3 is 3.05 bits per heavy atom. The zero-order valence-electron chi connectivity index (χ0n) is 10.7. The van der Waals surface area contributed by atoms with Crippen LogP contribution in [0, 0.1) is 0 Å². The highest BCUT2D eigenvalue weighted by molar-refractivity contribution is 5.97. The quantitative estimate of drug-likeness (QED) is 0.851. The summed E-state index contributed by atoms with van der Waals surface area (Å²) >= 11 is 0. The number of aromatic nitrogens is 1. The molecule has 0 unspecified atom stereocenters. The fraction of sp³-hybridized carbons (Fsp3) is 0.250. The third kappa shape index (κ3) is 2.71. The summed E-state index contributed by atoms with van der Waals surface area (Å²) in [5.41, 5.74) is 4.37. The summed E-state index contributed by atoms with van der Waals surface area (Å²) in [6.07, 6.45) is 4.93. The van der Waals surface area contributed by atoms with E-state index in [0.29, 0.717) is 6.42 Å². The maximum absolute atomic E-state index is 12.3. The summed E-state index contributed by atoms with van der Waals surface area (Å²) in [6, 6.07) is 9.86.